The van der Waals surface area contributed by atoms with Crippen LogP contribution in [0.15, 0.2) is 60.3 Å². The van der Waals surface area contributed by atoms with Crippen molar-refractivity contribution < 1.29 is 22.7 Å². The molecule has 2 aromatic rings. The summed E-state index contributed by atoms with van der Waals surface area (Å²) in [5.41, 5.74) is 1.49. The smallest absolute Gasteiger partial charge is 0.416 e. The van der Waals surface area contributed by atoms with Crippen molar-refractivity contribution in [1.82, 2.24) is 5.32 Å². The molecule has 3 nitrogen and oxygen atoms in total. The van der Waals surface area contributed by atoms with Gasteiger partial charge in [-0.3, -0.25) is 0 Å². The number of carbonyl (C=O) groups excluding carboxylic acids is 1. The van der Waals surface area contributed by atoms with E-state index in [9.17, 15) is 18.0 Å². The summed E-state index contributed by atoms with van der Waals surface area (Å²) in [7, 11) is 0. The largest absolute Gasteiger partial charge is 0.456 e. The first-order valence-corrected chi connectivity index (χ1v) is 7.31. The van der Waals surface area contributed by atoms with Crippen molar-refractivity contribution in [2.45, 2.75) is 12.7 Å². The lowest BCUT2D eigenvalue weighted by molar-refractivity contribution is -0.137. The molecule has 2 aromatic carbocycles. The average molecular weight is 333 g/mol. The summed E-state index contributed by atoms with van der Waals surface area (Å²) < 4.78 is 43.3. The van der Waals surface area contributed by atoms with E-state index < -0.39 is 17.7 Å². The molecule has 0 fully saturated rings. The van der Waals surface area contributed by atoms with Crippen LogP contribution < -0.4 is 5.32 Å². The number of cyclic esters (lactones) is 1. The molecule has 0 spiro atoms. The molecular formula is C18H14F3NO2. The van der Waals surface area contributed by atoms with Crippen LogP contribution in [0.4, 0.5) is 13.2 Å². The van der Waals surface area contributed by atoms with E-state index in [1.165, 1.54) is 6.07 Å². The molecule has 0 atom stereocenters. The number of ether oxygens (including phenoxy) is 1. The number of hydrogen-bond donors (Lipinski definition) is 1. The topological polar surface area (TPSA) is 38.3 Å². The van der Waals surface area contributed by atoms with Gasteiger partial charge in [0, 0.05) is 6.54 Å². The highest BCUT2D eigenvalue weighted by atomic mass is 19.4. The van der Waals surface area contributed by atoms with Gasteiger partial charge in [-0.15, -0.1) is 0 Å². The number of carbonyl (C=O) groups is 1. The van der Waals surface area contributed by atoms with E-state index in [1.807, 2.05) is 6.07 Å². The molecule has 0 saturated carbocycles. The fourth-order valence-corrected chi connectivity index (χ4v) is 2.51. The Morgan fingerprint density at radius 3 is 2.50 bits per heavy atom. The van der Waals surface area contributed by atoms with Gasteiger partial charge >= 0.3 is 12.1 Å². The molecule has 3 rings (SSSR count). The van der Waals surface area contributed by atoms with Crippen molar-refractivity contribution in [2.24, 2.45) is 0 Å². The normalized spacial score (nSPS) is 14.7. The quantitative estimate of drug-likeness (QED) is 0.866. The van der Waals surface area contributed by atoms with Crippen LogP contribution in [-0.2, 0) is 22.3 Å². The van der Waals surface area contributed by atoms with Crippen molar-refractivity contribution in [3.63, 3.8) is 0 Å². The molecule has 1 N–H and O–H groups in total. The lowest BCUT2D eigenvalue weighted by Crippen LogP contribution is -2.16. The zero-order chi connectivity index (χ0) is 17.2. The molecule has 0 radical (unpaired) electrons. The first-order valence-electron chi connectivity index (χ1n) is 7.31. The molecule has 0 bridgehead atoms. The minimum Gasteiger partial charge on any atom is -0.456 e. The third-order valence-electron chi connectivity index (χ3n) is 3.68. The number of rotatable bonds is 4. The molecule has 24 heavy (non-hydrogen) atoms. The lowest BCUT2D eigenvalue weighted by atomic mass is 10.0. The van der Waals surface area contributed by atoms with E-state index in [0.717, 1.165) is 12.1 Å². The average Bonchev–Trinajstić information content (AvgIpc) is 2.94. The predicted molar refractivity (Wildman–Crippen MR) is 82.6 cm³/mol. The zero-order valence-corrected chi connectivity index (χ0v) is 12.6. The van der Waals surface area contributed by atoms with Crippen LogP contribution in [0, 0.1) is 0 Å². The molecule has 1 heterocycles. The van der Waals surface area contributed by atoms with Gasteiger partial charge in [0.2, 0.25) is 0 Å². The third-order valence-corrected chi connectivity index (χ3v) is 3.68. The number of esters is 1. The first kappa shape index (κ1) is 16.1. The summed E-state index contributed by atoms with van der Waals surface area (Å²) in [6.07, 6.45) is -4.38. The molecule has 0 saturated heterocycles. The summed E-state index contributed by atoms with van der Waals surface area (Å²) in [5, 5.41) is 3.02. The fourth-order valence-electron chi connectivity index (χ4n) is 2.51. The highest BCUT2D eigenvalue weighted by Crippen LogP contribution is 2.30. The van der Waals surface area contributed by atoms with E-state index >= 15 is 0 Å². The first-order chi connectivity index (χ1) is 11.4. The number of halogens is 3. The third kappa shape index (κ3) is 3.42. The molecule has 124 valence electrons. The van der Waals surface area contributed by atoms with Gasteiger partial charge < -0.3 is 10.1 Å². The fraction of sp³-hybridized carbons (Fsp3) is 0.167. The van der Waals surface area contributed by atoms with Crippen LogP contribution in [0.3, 0.4) is 0 Å². The standard InChI is InChI=1S/C18H14F3NO2/c19-18(20,21)14-8-4-5-12(9-14)10-22-15-11-24-17(23)16(15)13-6-2-1-3-7-13/h1-9,22H,10-11H2. The van der Waals surface area contributed by atoms with E-state index in [0.29, 0.717) is 22.4 Å². The van der Waals surface area contributed by atoms with Crippen molar-refractivity contribution >= 4 is 11.5 Å². The van der Waals surface area contributed by atoms with Crippen LogP contribution in [-0.4, -0.2) is 12.6 Å². The minimum atomic E-state index is -4.38. The van der Waals surface area contributed by atoms with Gasteiger partial charge in [-0.1, -0.05) is 42.5 Å². The SMILES string of the molecule is O=C1OCC(NCc2cccc(C(F)(F)F)c2)=C1c1ccccc1. The van der Waals surface area contributed by atoms with Gasteiger partial charge in [-0.05, 0) is 23.3 Å². The number of alkyl halides is 3. The van der Waals surface area contributed by atoms with Crippen molar-refractivity contribution in [2.75, 3.05) is 6.61 Å². The van der Waals surface area contributed by atoms with Gasteiger partial charge in [0.05, 0.1) is 16.8 Å². The van der Waals surface area contributed by atoms with Crippen LogP contribution in [0.25, 0.3) is 5.57 Å². The summed E-state index contributed by atoms with van der Waals surface area (Å²) in [6.45, 7) is 0.258. The van der Waals surface area contributed by atoms with Crippen LogP contribution in [0.5, 0.6) is 0 Å². The monoisotopic (exact) mass is 333 g/mol. The van der Waals surface area contributed by atoms with Crippen molar-refractivity contribution in [1.29, 1.82) is 0 Å². The second-order valence-corrected chi connectivity index (χ2v) is 5.35. The summed E-state index contributed by atoms with van der Waals surface area (Å²) >= 11 is 0. The van der Waals surface area contributed by atoms with Gasteiger partial charge in [0.15, 0.2) is 0 Å². The molecule has 0 amide bonds. The molecule has 1 aliphatic heterocycles. The molecule has 0 aliphatic carbocycles. The van der Waals surface area contributed by atoms with Gasteiger partial charge in [0.25, 0.3) is 0 Å². The Morgan fingerprint density at radius 2 is 1.79 bits per heavy atom. The zero-order valence-electron chi connectivity index (χ0n) is 12.6. The van der Waals surface area contributed by atoms with Crippen LogP contribution in [0.2, 0.25) is 0 Å². The maximum atomic E-state index is 12.7. The number of hydrogen-bond acceptors (Lipinski definition) is 3. The van der Waals surface area contributed by atoms with E-state index in [-0.39, 0.29) is 13.2 Å². The second kappa shape index (κ2) is 6.39. The highest BCUT2D eigenvalue weighted by molar-refractivity contribution is 6.19. The van der Waals surface area contributed by atoms with Gasteiger partial charge in [0.1, 0.15) is 6.61 Å². The maximum absolute atomic E-state index is 12.7. The van der Waals surface area contributed by atoms with E-state index in [4.69, 9.17) is 4.74 Å². The maximum Gasteiger partial charge on any atom is 0.416 e. The second-order valence-electron chi connectivity index (χ2n) is 5.35. The Bertz CT molecular complexity index is 782. The van der Waals surface area contributed by atoms with Gasteiger partial charge in [-0.2, -0.15) is 13.2 Å². The Kier molecular flexibility index (Phi) is 4.29. The molecular weight excluding hydrogens is 319 g/mol. The lowest BCUT2D eigenvalue weighted by Gasteiger charge is -2.11. The molecule has 0 aromatic heterocycles. The predicted octanol–water partition coefficient (Wildman–Crippen LogP) is 3.76. The Labute approximate surface area is 136 Å². The van der Waals surface area contributed by atoms with E-state index in [2.05, 4.69) is 5.32 Å². The Balaban J connectivity index is 1.81. The number of nitrogens with one attached hydrogen (secondary N) is 1. The van der Waals surface area contributed by atoms with Gasteiger partial charge in [-0.25, -0.2) is 4.79 Å². The molecule has 0 unspecified atom stereocenters. The summed E-state index contributed by atoms with van der Waals surface area (Å²) in [5.74, 6) is -0.437. The molecule has 1 aliphatic rings. The van der Waals surface area contributed by atoms with Crippen molar-refractivity contribution in [3.8, 4) is 0 Å². The minimum absolute atomic E-state index is 0.0853. The van der Waals surface area contributed by atoms with E-state index in [1.54, 1.807) is 30.3 Å². The van der Waals surface area contributed by atoms with Crippen LogP contribution in [0.1, 0.15) is 16.7 Å². The van der Waals surface area contributed by atoms with Crippen LogP contribution >= 0.6 is 0 Å². The number of benzene rings is 2. The van der Waals surface area contributed by atoms with Crippen molar-refractivity contribution in [3.05, 3.63) is 77.0 Å². The summed E-state index contributed by atoms with van der Waals surface area (Å²) in [4.78, 5) is 11.9. The highest BCUT2D eigenvalue weighted by Gasteiger charge is 2.30. The summed E-state index contributed by atoms with van der Waals surface area (Å²) in [6, 6.07) is 14.1. The molecule has 6 heteroatoms. The Hall–Kier alpha value is -2.76. The Morgan fingerprint density at radius 1 is 1.04 bits per heavy atom.